The Labute approximate surface area is 155 Å². The fourth-order valence-corrected chi connectivity index (χ4v) is 2.99. The first-order valence-electron chi connectivity index (χ1n) is 9.04. The SMILES string of the molecule is COc1ccc(C(=O)N2CCC(C(=O)NCC(C)(C)C)CC2)cc1OC. The number of nitrogens with zero attached hydrogens (tertiary/aromatic N) is 1. The summed E-state index contributed by atoms with van der Waals surface area (Å²) in [6.07, 6.45) is 1.38. The van der Waals surface area contributed by atoms with Crippen LogP contribution in [0.3, 0.4) is 0 Å². The molecule has 1 aliphatic heterocycles. The van der Waals surface area contributed by atoms with E-state index in [0.717, 1.165) is 0 Å². The number of carbonyl (C=O) groups is 2. The number of ether oxygens (including phenoxy) is 2. The highest BCUT2D eigenvalue weighted by Crippen LogP contribution is 2.29. The van der Waals surface area contributed by atoms with Crippen LogP contribution in [0, 0.1) is 11.3 Å². The van der Waals surface area contributed by atoms with Crippen LogP contribution in [0.2, 0.25) is 0 Å². The molecule has 0 spiro atoms. The average Bonchev–Trinajstić information content (AvgIpc) is 2.64. The Morgan fingerprint density at radius 3 is 2.27 bits per heavy atom. The van der Waals surface area contributed by atoms with Gasteiger partial charge in [-0.1, -0.05) is 20.8 Å². The Balaban J connectivity index is 1.93. The maximum absolute atomic E-state index is 12.7. The Morgan fingerprint density at radius 1 is 1.12 bits per heavy atom. The molecule has 6 heteroatoms. The van der Waals surface area contributed by atoms with Gasteiger partial charge in [0.25, 0.3) is 5.91 Å². The van der Waals surface area contributed by atoms with Gasteiger partial charge < -0.3 is 19.7 Å². The molecular weight excluding hydrogens is 332 g/mol. The van der Waals surface area contributed by atoms with Crippen LogP contribution in [-0.4, -0.2) is 50.6 Å². The van der Waals surface area contributed by atoms with Crippen molar-refractivity contribution in [1.82, 2.24) is 10.2 Å². The minimum Gasteiger partial charge on any atom is -0.493 e. The Morgan fingerprint density at radius 2 is 1.73 bits per heavy atom. The molecule has 1 fully saturated rings. The molecule has 1 aromatic carbocycles. The topological polar surface area (TPSA) is 67.9 Å². The molecule has 0 radical (unpaired) electrons. The lowest BCUT2D eigenvalue weighted by Gasteiger charge is -2.32. The van der Waals surface area contributed by atoms with Crippen LogP contribution in [0.15, 0.2) is 18.2 Å². The van der Waals surface area contributed by atoms with Crippen molar-refractivity contribution in [1.29, 1.82) is 0 Å². The van der Waals surface area contributed by atoms with Gasteiger partial charge in [0.05, 0.1) is 14.2 Å². The van der Waals surface area contributed by atoms with Gasteiger partial charge in [-0.05, 0) is 36.5 Å². The molecule has 0 aliphatic carbocycles. The van der Waals surface area contributed by atoms with Crippen LogP contribution in [-0.2, 0) is 4.79 Å². The number of amides is 2. The maximum atomic E-state index is 12.7. The zero-order valence-electron chi connectivity index (χ0n) is 16.4. The molecule has 1 aliphatic rings. The van der Waals surface area contributed by atoms with E-state index in [1.807, 2.05) is 0 Å². The third-order valence-electron chi connectivity index (χ3n) is 4.58. The molecule has 1 aromatic rings. The van der Waals surface area contributed by atoms with E-state index in [-0.39, 0.29) is 23.1 Å². The largest absolute Gasteiger partial charge is 0.493 e. The number of likely N-dealkylation sites (tertiary alicyclic amines) is 1. The van der Waals surface area contributed by atoms with Crippen molar-refractivity contribution in [3.05, 3.63) is 23.8 Å². The molecule has 0 unspecified atom stereocenters. The average molecular weight is 362 g/mol. The van der Waals surface area contributed by atoms with Gasteiger partial charge in [0, 0.05) is 31.1 Å². The van der Waals surface area contributed by atoms with Gasteiger partial charge >= 0.3 is 0 Å². The van der Waals surface area contributed by atoms with E-state index >= 15 is 0 Å². The maximum Gasteiger partial charge on any atom is 0.253 e. The van der Waals surface area contributed by atoms with Crippen molar-refractivity contribution in [2.75, 3.05) is 33.9 Å². The second-order valence-corrected chi connectivity index (χ2v) is 7.91. The van der Waals surface area contributed by atoms with E-state index < -0.39 is 0 Å². The fraction of sp³-hybridized carbons (Fsp3) is 0.600. The molecule has 1 heterocycles. The summed E-state index contributed by atoms with van der Waals surface area (Å²) in [5.74, 6) is 1.16. The van der Waals surface area contributed by atoms with Crippen molar-refractivity contribution in [3.63, 3.8) is 0 Å². The summed E-state index contributed by atoms with van der Waals surface area (Å²) in [6, 6.07) is 5.17. The number of carbonyl (C=O) groups excluding carboxylic acids is 2. The van der Waals surface area contributed by atoms with Gasteiger partial charge in [0.15, 0.2) is 11.5 Å². The van der Waals surface area contributed by atoms with Crippen LogP contribution in [0.1, 0.15) is 44.0 Å². The first kappa shape index (κ1) is 20.1. The summed E-state index contributed by atoms with van der Waals surface area (Å²) < 4.78 is 10.5. The van der Waals surface area contributed by atoms with Crippen LogP contribution >= 0.6 is 0 Å². The highest BCUT2D eigenvalue weighted by atomic mass is 16.5. The standard InChI is InChI=1S/C20H30N2O4/c1-20(2,3)13-21-18(23)14-8-10-22(11-9-14)19(24)15-6-7-16(25-4)17(12-15)26-5/h6-7,12,14H,8-11,13H2,1-5H3,(H,21,23). The zero-order valence-corrected chi connectivity index (χ0v) is 16.4. The zero-order chi connectivity index (χ0) is 19.3. The van der Waals surface area contributed by atoms with E-state index in [2.05, 4.69) is 26.1 Å². The number of hydrogen-bond donors (Lipinski definition) is 1. The van der Waals surface area contributed by atoms with Gasteiger partial charge in [-0.2, -0.15) is 0 Å². The van der Waals surface area contributed by atoms with Crippen molar-refractivity contribution >= 4 is 11.8 Å². The van der Waals surface area contributed by atoms with E-state index in [9.17, 15) is 9.59 Å². The molecule has 26 heavy (non-hydrogen) atoms. The van der Waals surface area contributed by atoms with E-state index in [0.29, 0.717) is 49.5 Å². The predicted molar refractivity (Wildman–Crippen MR) is 101 cm³/mol. The lowest BCUT2D eigenvalue weighted by Crippen LogP contribution is -2.44. The minimum absolute atomic E-state index is 0.0215. The molecule has 0 saturated carbocycles. The third kappa shape index (κ3) is 5.13. The normalized spacial score (nSPS) is 15.5. The van der Waals surface area contributed by atoms with Gasteiger partial charge in [-0.25, -0.2) is 0 Å². The highest BCUT2D eigenvalue weighted by Gasteiger charge is 2.28. The van der Waals surface area contributed by atoms with Gasteiger partial charge in [0.2, 0.25) is 5.91 Å². The summed E-state index contributed by atoms with van der Waals surface area (Å²) in [5.41, 5.74) is 0.637. The lowest BCUT2D eigenvalue weighted by atomic mass is 9.93. The number of benzene rings is 1. The quantitative estimate of drug-likeness (QED) is 0.874. The van der Waals surface area contributed by atoms with E-state index in [1.165, 1.54) is 0 Å². The van der Waals surface area contributed by atoms with Crippen molar-refractivity contribution < 1.29 is 19.1 Å². The van der Waals surface area contributed by atoms with Gasteiger partial charge in [-0.3, -0.25) is 9.59 Å². The van der Waals surface area contributed by atoms with Crippen LogP contribution < -0.4 is 14.8 Å². The van der Waals surface area contributed by atoms with E-state index in [1.54, 1.807) is 37.3 Å². The molecule has 0 aromatic heterocycles. The van der Waals surface area contributed by atoms with Gasteiger partial charge in [-0.15, -0.1) is 0 Å². The summed E-state index contributed by atoms with van der Waals surface area (Å²) >= 11 is 0. The number of hydrogen-bond acceptors (Lipinski definition) is 4. The third-order valence-corrected chi connectivity index (χ3v) is 4.58. The molecule has 2 rings (SSSR count). The minimum atomic E-state index is -0.0421. The molecular formula is C20H30N2O4. The number of nitrogens with one attached hydrogen (secondary N) is 1. The molecule has 2 amide bonds. The van der Waals surface area contributed by atoms with Gasteiger partial charge in [0.1, 0.15) is 0 Å². The molecule has 1 saturated heterocycles. The second kappa shape index (κ2) is 8.43. The van der Waals surface area contributed by atoms with Crippen molar-refractivity contribution in [2.45, 2.75) is 33.6 Å². The smallest absolute Gasteiger partial charge is 0.253 e. The van der Waals surface area contributed by atoms with Crippen LogP contribution in [0.25, 0.3) is 0 Å². The molecule has 144 valence electrons. The molecule has 0 atom stereocenters. The highest BCUT2D eigenvalue weighted by molar-refractivity contribution is 5.95. The Kier molecular flexibility index (Phi) is 6.51. The summed E-state index contributed by atoms with van der Waals surface area (Å²) in [4.78, 5) is 26.8. The summed E-state index contributed by atoms with van der Waals surface area (Å²) in [6.45, 7) is 8.12. The number of rotatable bonds is 5. The monoisotopic (exact) mass is 362 g/mol. The predicted octanol–water partition coefficient (Wildman–Crippen LogP) is 2.72. The molecule has 1 N–H and O–H groups in total. The first-order valence-corrected chi connectivity index (χ1v) is 9.04. The number of piperidine rings is 1. The first-order chi connectivity index (χ1) is 12.2. The number of methoxy groups -OCH3 is 2. The van der Waals surface area contributed by atoms with Crippen LogP contribution in [0.5, 0.6) is 11.5 Å². The Bertz CT molecular complexity index is 644. The molecule has 0 bridgehead atoms. The van der Waals surface area contributed by atoms with Crippen molar-refractivity contribution in [3.8, 4) is 11.5 Å². The van der Waals surface area contributed by atoms with E-state index in [4.69, 9.17) is 9.47 Å². The summed E-state index contributed by atoms with van der Waals surface area (Å²) in [7, 11) is 3.11. The second-order valence-electron chi connectivity index (χ2n) is 7.91. The summed E-state index contributed by atoms with van der Waals surface area (Å²) in [5, 5.41) is 3.02. The van der Waals surface area contributed by atoms with Crippen LogP contribution in [0.4, 0.5) is 0 Å². The Hall–Kier alpha value is -2.24. The molecule has 6 nitrogen and oxygen atoms in total. The fourth-order valence-electron chi connectivity index (χ4n) is 2.99. The lowest BCUT2D eigenvalue weighted by molar-refractivity contribution is -0.126. The van der Waals surface area contributed by atoms with Crippen molar-refractivity contribution in [2.24, 2.45) is 11.3 Å².